The predicted molar refractivity (Wildman–Crippen MR) is 57.0 cm³/mol. The van der Waals surface area contributed by atoms with Crippen molar-refractivity contribution in [2.24, 2.45) is 0 Å². The first-order valence-corrected chi connectivity index (χ1v) is 4.71. The molecule has 0 aliphatic rings. The molecular formula is C11H7F2NS. The molecule has 0 bridgehead atoms. The first-order valence-electron chi connectivity index (χ1n) is 4.30. The summed E-state index contributed by atoms with van der Waals surface area (Å²) in [6.07, 6.45) is 1.64. The van der Waals surface area contributed by atoms with E-state index in [0.717, 1.165) is 6.07 Å². The first-order chi connectivity index (χ1) is 7.15. The minimum atomic E-state index is -0.604. The van der Waals surface area contributed by atoms with Gasteiger partial charge in [0, 0.05) is 28.0 Å². The van der Waals surface area contributed by atoms with E-state index in [4.69, 9.17) is 12.2 Å². The molecule has 1 aromatic carbocycles. The molecule has 15 heavy (non-hydrogen) atoms. The standard InChI is InChI=1S/C11H7F2NS/c12-8-3-7(4-9(13)5-8)11-6-10(15)1-2-14-11/h1-6H,(H,14,15). The Morgan fingerprint density at radius 3 is 2.27 bits per heavy atom. The van der Waals surface area contributed by atoms with E-state index in [1.54, 1.807) is 18.3 Å². The van der Waals surface area contributed by atoms with Crippen molar-refractivity contribution in [1.82, 2.24) is 4.98 Å². The van der Waals surface area contributed by atoms with Crippen molar-refractivity contribution in [3.05, 3.63) is 52.7 Å². The van der Waals surface area contributed by atoms with Gasteiger partial charge in [-0.25, -0.2) is 8.78 Å². The van der Waals surface area contributed by atoms with E-state index < -0.39 is 11.6 Å². The fourth-order valence-electron chi connectivity index (χ4n) is 1.32. The van der Waals surface area contributed by atoms with Gasteiger partial charge in [-0.15, -0.1) is 0 Å². The zero-order valence-electron chi connectivity index (χ0n) is 7.63. The van der Waals surface area contributed by atoms with Gasteiger partial charge in [0.2, 0.25) is 0 Å². The Kier molecular flexibility index (Phi) is 2.60. The lowest BCUT2D eigenvalue weighted by Crippen LogP contribution is -1.86. The van der Waals surface area contributed by atoms with Crippen LogP contribution in [-0.2, 0) is 0 Å². The molecule has 76 valence electrons. The largest absolute Gasteiger partial charge is 0.361 e. The summed E-state index contributed by atoms with van der Waals surface area (Å²) >= 11 is 4.96. The smallest absolute Gasteiger partial charge is 0.126 e. The third kappa shape index (κ3) is 2.27. The maximum atomic E-state index is 12.9. The Labute approximate surface area is 90.4 Å². The topological polar surface area (TPSA) is 15.8 Å². The predicted octanol–water partition coefficient (Wildman–Crippen LogP) is 3.69. The average Bonchev–Trinajstić information content (AvgIpc) is 2.16. The maximum Gasteiger partial charge on any atom is 0.126 e. The van der Waals surface area contributed by atoms with Crippen LogP contribution in [0.1, 0.15) is 0 Å². The molecule has 0 atom stereocenters. The highest BCUT2D eigenvalue weighted by Crippen LogP contribution is 2.19. The summed E-state index contributed by atoms with van der Waals surface area (Å²) in [4.78, 5) is 2.88. The van der Waals surface area contributed by atoms with E-state index in [9.17, 15) is 8.78 Å². The van der Waals surface area contributed by atoms with Crippen LogP contribution >= 0.6 is 12.2 Å². The van der Waals surface area contributed by atoms with Crippen LogP contribution in [0.2, 0.25) is 0 Å². The number of aromatic nitrogens is 1. The monoisotopic (exact) mass is 223 g/mol. The van der Waals surface area contributed by atoms with Gasteiger partial charge in [0.05, 0.1) is 0 Å². The second-order valence-electron chi connectivity index (χ2n) is 3.10. The SMILES string of the molecule is Fc1cc(F)cc(-c2cc(=S)cc[nH]2)c1. The van der Waals surface area contributed by atoms with E-state index in [2.05, 4.69) is 4.98 Å². The summed E-state index contributed by atoms with van der Waals surface area (Å²) in [5.41, 5.74) is 1.04. The van der Waals surface area contributed by atoms with Gasteiger partial charge in [0.15, 0.2) is 0 Å². The highest BCUT2D eigenvalue weighted by Gasteiger charge is 2.02. The number of rotatable bonds is 1. The zero-order chi connectivity index (χ0) is 10.8. The summed E-state index contributed by atoms with van der Waals surface area (Å²) in [5.74, 6) is -1.21. The van der Waals surface area contributed by atoms with Gasteiger partial charge in [-0.05, 0) is 24.3 Å². The average molecular weight is 223 g/mol. The number of pyridine rings is 1. The lowest BCUT2D eigenvalue weighted by atomic mass is 10.1. The van der Waals surface area contributed by atoms with Gasteiger partial charge >= 0.3 is 0 Å². The number of hydrogen-bond donors (Lipinski definition) is 1. The molecule has 2 aromatic rings. The Morgan fingerprint density at radius 1 is 1.00 bits per heavy atom. The molecule has 0 aliphatic carbocycles. The first kappa shape index (κ1) is 9.98. The van der Waals surface area contributed by atoms with Gasteiger partial charge < -0.3 is 4.98 Å². The quantitative estimate of drug-likeness (QED) is 0.729. The third-order valence-corrected chi connectivity index (χ3v) is 2.20. The van der Waals surface area contributed by atoms with E-state index in [0.29, 0.717) is 15.8 Å². The van der Waals surface area contributed by atoms with Crippen LogP contribution in [-0.4, -0.2) is 4.98 Å². The number of nitrogens with one attached hydrogen (secondary N) is 1. The lowest BCUT2D eigenvalue weighted by molar-refractivity contribution is 0.584. The molecule has 0 aliphatic heterocycles. The van der Waals surface area contributed by atoms with Crippen LogP contribution in [0.15, 0.2) is 36.5 Å². The van der Waals surface area contributed by atoms with Gasteiger partial charge in [0.25, 0.3) is 0 Å². The Hall–Kier alpha value is -1.55. The number of aromatic amines is 1. The maximum absolute atomic E-state index is 12.9. The van der Waals surface area contributed by atoms with Crippen molar-refractivity contribution in [2.45, 2.75) is 0 Å². The van der Waals surface area contributed by atoms with Crippen LogP contribution in [0.25, 0.3) is 11.3 Å². The Balaban J connectivity index is 2.58. The molecule has 4 heteroatoms. The molecule has 1 aromatic heterocycles. The molecule has 1 heterocycles. The summed E-state index contributed by atoms with van der Waals surface area (Å²) in [6.45, 7) is 0. The van der Waals surface area contributed by atoms with Gasteiger partial charge in [-0.3, -0.25) is 0 Å². The molecular weight excluding hydrogens is 216 g/mol. The highest BCUT2D eigenvalue weighted by molar-refractivity contribution is 7.71. The lowest BCUT2D eigenvalue weighted by Gasteiger charge is -2.02. The highest BCUT2D eigenvalue weighted by atomic mass is 32.1. The van der Waals surface area contributed by atoms with Crippen molar-refractivity contribution in [1.29, 1.82) is 0 Å². The molecule has 0 saturated heterocycles. The van der Waals surface area contributed by atoms with Crippen molar-refractivity contribution in [3.8, 4) is 11.3 Å². The van der Waals surface area contributed by atoms with Gasteiger partial charge in [0.1, 0.15) is 11.6 Å². The molecule has 0 spiro atoms. The fraction of sp³-hybridized carbons (Fsp3) is 0. The van der Waals surface area contributed by atoms with Crippen LogP contribution < -0.4 is 0 Å². The van der Waals surface area contributed by atoms with E-state index in [1.165, 1.54) is 12.1 Å². The second kappa shape index (κ2) is 3.90. The number of halogens is 2. The van der Waals surface area contributed by atoms with Crippen LogP contribution in [0, 0.1) is 16.1 Å². The molecule has 0 amide bonds. The molecule has 1 nitrogen and oxygen atoms in total. The molecule has 0 saturated carbocycles. The number of hydrogen-bond acceptors (Lipinski definition) is 1. The van der Waals surface area contributed by atoms with E-state index in [-0.39, 0.29) is 0 Å². The van der Waals surface area contributed by atoms with Crippen molar-refractivity contribution >= 4 is 12.2 Å². The Morgan fingerprint density at radius 2 is 1.67 bits per heavy atom. The number of H-pyrrole nitrogens is 1. The van der Waals surface area contributed by atoms with Crippen LogP contribution in [0.3, 0.4) is 0 Å². The zero-order valence-corrected chi connectivity index (χ0v) is 8.44. The molecule has 1 N–H and O–H groups in total. The van der Waals surface area contributed by atoms with Gasteiger partial charge in [-0.2, -0.15) is 0 Å². The molecule has 0 radical (unpaired) electrons. The summed E-state index contributed by atoms with van der Waals surface area (Å²) in [6, 6.07) is 6.70. The molecule has 0 fully saturated rings. The summed E-state index contributed by atoms with van der Waals surface area (Å²) < 4.78 is 26.5. The van der Waals surface area contributed by atoms with Crippen molar-refractivity contribution < 1.29 is 8.78 Å². The second-order valence-corrected chi connectivity index (χ2v) is 3.57. The minimum Gasteiger partial charge on any atom is -0.361 e. The van der Waals surface area contributed by atoms with Crippen molar-refractivity contribution in [3.63, 3.8) is 0 Å². The summed E-state index contributed by atoms with van der Waals surface area (Å²) in [5, 5.41) is 0. The Bertz CT molecular complexity index is 528. The van der Waals surface area contributed by atoms with E-state index >= 15 is 0 Å². The number of benzene rings is 1. The summed E-state index contributed by atoms with van der Waals surface area (Å²) in [7, 11) is 0. The van der Waals surface area contributed by atoms with E-state index in [1.807, 2.05) is 0 Å². The minimum absolute atomic E-state index is 0.444. The van der Waals surface area contributed by atoms with Crippen molar-refractivity contribution in [2.75, 3.05) is 0 Å². The van der Waals surface area contributed by atoms with Gasteiger partial charge in [-0.1, -0.05) is 12.2 Å². The molecule has 0 unspecified atom stereocenters. The normalized spacial score (nSPS) is 10.3. The molecule has 2 rings (SSSR count). The van der Waals surface area contributed by atoms with Crippen LogP contribution in [0.4, 0.5) is 8.78 Å². The van der Waals surface area contributed by atoms with Crippen LogP contribution in [0.5, 0.6) is 0 Å². The third-order valence-electron chi connectivity index (χ3n) is 1.95. The fourth-order valence-corrected chi connectivity index (χ4v) is 1.51.